The number of nitrogens with zero attached hydrogens (tertiary/aromatic N) is 1. The molecule has 0 saturated carbocycles. The SMILES string of the molecule is CCC(=O)OC(C)C(c1ccc(Cl)cc1)c1ccc(Cl)cc1.COc1ccnc(C(N)=O)c1OC(C)=O. The minimum absolute atomic E-state index is 0.0556. The summed E-state index contributed by atoms with van der Waals surface area (Å²) in [7, 11) is 1.38. The van der Waals surface area contributed by atoms with Gasteiger partial charge in [0.15, 0.2) is 11.4 Å². The van der Waals surface area contributed by atoms with Crippen LogP contribution in [0, 0.1) is 0 Å². The molecule has 37 heavy (non-hydrogen) atoms. The van der Waals surface area contributed by atoms with Gasteiger partial charge in [0.05, 0.1) is 7.11 Å². The average Bonchev–Trinajstić information content (AvgIpc) is 2.86. The molecule has 10 heteroatoms. The van der Waals surface area contributed by atoms with E-state index in [4.69, 9.17) is 43.1 Å². The number of nitrogens with two attached hydrogens (primary N) is 1. The van der Waals surface area contributed by atoms with Gasteiger partial charge >= 0.3 is 11.9 Å². The number of primary amides is 1. The molecule has 2 N–H and O–H groups in total. The molecular formula is C27H28Cl2N2O6. The normalized spacial score (nSPS) is 11.1. The first-order chi connectivity index (χ1) is 17.6. The van der Waals surface area contributed by atoms with Gasteiger partial charge in [-0.2, -0.15) is 0 Å². The van der Waals surface area contributed by atoms with Crippen LogP contribution in [0.4, 0.5) is 0 Å². The number of amides is 1. The highest BCUT2D eigenvalue weighted by molar-refractivity contribution is 6.30. The average molecular weight is 547 g/mol. The molecule has 2 aromatic carbocycles. The van der Waals surface area contributed by atoms with Gasteiger partial charge in [0.25, 0.3) is 5.91 Å². The summed E-state index contributed by atoms with van der Waals surface area (Å²) in [5.41, 5.74) is 7.02. The number of aromatic nitrogens is 1. The Morgan fingerprint density at radius 2 is 1.46 bits per heavy atom. The van der Waals surface area contributed by atoms with Crippen LogP contribution in [0.2, 0.25) is 10.0 Å². The highest BCUT2D eigenvalue weighted by Gasteiger charge is 2.24. The van der Waals surface area contributed by atoms with Crippen LogP contribution >= 0.6 is 23.2 Å². The number of methoxy groups -OCH3 is 1. The standard InChI is InChI=1S/C18H18Cl2O2.C9H10N2O4/c1-3-17(21)22-12(2)18(13-4-8-15(19)9-5-13)14-6-10-16(20)11-7-14;1-5(12)15-8-6(14-2)3-4-11-7(8)9(10)13/h4-12,18H,3H2,1-2H3;3-4H,1-2H3,(H2,10,13). The second kappa shape index (κ2) is 14.2. The van der Waals surface area contributed by atoms with Gasteiger partial charge in [0, 0.05) is 41.6 Å². The lowest BCUT2D eigenvalue weighted by Gasteiger charge is -2.25. The summed E-state index contributed by atoms with van der Waals surface area (Å²) < 4.78 is 15.2. The molecule has 1 unspecified atom stereocenters. The molecule has 3 rings (SSSR count). The summed E-state index contributed by atoms with van der Waals surface area (Å²) in [6, 6.07) is 16.7. The number of carbonyl (C=O) groups excluding carboxylic acids is 3. The molecule has 1 aromatic heterocycles. The molecule has 0 radical (unpaired) electrons. The van der Waals surface area contributed by atoms with Crippen molar-refractivity contribution in [2.75, 3.05) is 7.11 Å². The van der Waals surface area contributed by atoms with Crippen molar-refractivity contribution < 1.29 is 28.6 Å². The number of halogens is 2. The Bertz CT molecular complexity index is 1170. The van der Waals surface area contributed by atoms with Crippen molar-refractivity contribution >= 4 is 41.0 Å². The van der Waals surface area contributed by atoms with Crippen LogP contribution in [0.3, 0.4) is 0 Å². The Morgan fingerprint density at radius 1 is 0.946 bits per heavy atom. The summed E-state index contributed by atoms with van der Waals surface area (Å²) in [5, 5.41) is 1.36. The first kappa shape index (κ1) is 29.6. The zero-order chi connectivity index (χ0) is 27.5. The van der Waals surface area contributed by atoms with Gasteiger partial charge in [-0.05, 0) is 42.3 Å². The van der Waals surface area contributed by atoms with E-state index >= 15 is 0 Å². The number of hydrogen-bond acceptors (Lipinski definition) is 7. The molecule has 0 aliphatic carbocycles. The lowest BCUT2D eigenvalue weighted by Crippen LogP contribution is -2.23. The number of hydrogen-bond donors (Lipinski definition) is 1. The molecule has 1 heterocycles. The number of carbonyl (C=O) groups is 3. The lowest BCUT2D eigenvalue weighted by atomic mass is 9.87. The van der Waals surface area contributed by atoms with E-state index in [0.717, 1.165) is 11.1 Å². The largest absolute Gasteiger partial charge is 0.493 e. The molecule has 196 valence electrons. The maximum atomic E-state index is 11.6. The van der Waals surface area contributed by atoms with Gasteiger partial charge in [-0.15, -0.1) is 0 Å². The number of rotatable bonds is 8. The maximum absolute atomic E-state index is 11.6. The fourth-order valence-electron chi connectivity index (χ4n) is 3.44. The fraction of sp³-hybridized carbons (Fsp3) is 0.259. The Balaban J connectivity index is 0.000000281. The van der Waals surface area contributed by atoms with Crippen LogP contribution in [0.5, 0.6) is 11.5 Å². The van der Waals surface area contributed by atoms with Gasteiger partial charge in [-0.1, -0.05) is 54.4 Å². The Kier molecular flexibility index (Phi) is 11.4. The van der Waals surface area contributed by atoms with Crippen molar-refractivity contribution in [3.63, 3.8) is 0 Å². The van der Waals surface area contributed by atoms with Crippen LogP contribution in [-0.4, -0.2) is 36.0 Å². The van der Waals surface area contributed by atoms with Crippen LogP contribution in [0.15, 0.2) is 60.8 Å². The van der Waals surface area contributed by atoms with Crippen molar-refractivity contribution in [1.29, 1.82) is 0 Å². The van der Waals surface area contributed by atoms with E-state index in [9.17, 15) is 14.4 Å². The van der Waals surface area contributed by atoms with Crippen LogP contribution in [0.25, 0.3) is 0 Å². The van der Waals surface area contributed by atoms with Crippen LogP contribution < -0.4 is 15.2 Å². The van der Waals surface area contributed by atoms with Gasteiger partial charge in [0.1, 0.15) is 6.10 Å². The second-order valence-corrected chi connectivity index (χ2v) is 8.65. The number of benzene rings is 2. The van der Waals surface area contributed by atoms with Crippen molar-refractivity contribution in [3.05, 3.63) is 87.7 Å². The molecule has 1 atom stereocenters. The molecule has 3 aromatic rings. The Labute approximate surface area is 225 Å². The van der Waals surface area contributed by atoms with Crippen molar-refractivity contribution in [2.45, 2.75) is 39.2 Å². The monoisotopic (exact) mass is 546 g/mol. The molecular weight excluding hydrogens is 519 g/mol. The van der Waals surface area contributed by atoms with Gasteiger partial charge in [-0.3, -0.25) is 14.4 Å². The summed E-state index contributed by atoms with van der Waals surface area (Å²) in [5.74, 6) is -1.46. The first-order valence-electron chi connectivity index (χ1n) is 11.3. The van der Waals surface area contributed by atoms with Crippen molar-refractivity contribution in [3.8, 4) is 11.5 Å². The smallest absolute Gasteiger partial charge is 0.308 e. The molecule has 0 saturated heterocycles. The van der Waals surface area contributed by atoms with E-state index in [1.54, 1.807) is 6.92 Å². The summed E-state index contributed by atoms with van der Waals surface area (Å²) in [4.78, 5) is 37.1. The summed E-state index contributed by atoms with van der Waals surface area (Å²) >= 11 is 11.9. The highest BCUT2D eigenvalue weighted by Crippen LogP contribution is 2.32. The second-order valence-electron chi connectivity index (χ2n) is 7.78. The molecule has 0 bridgehead atoms. The molecule has 0 aliphatic heterocycles. The maximum Gasteiger partial charge on any atom is 0.308 e. The van der Waals surface area contributed by atoms with E-state index < -0.39 is 11.9 Å². The van der Waals surface area contributed by atoms with E-state index in [0.29, 0.717) is 16.5 Å². The van der Waals surface area contributed by atoms with Crippen LogP contribution in [-0.2, 0) is 14.3 Å². The third kappa shape index (κ3) is 8.77. The minimum Gasteiger partial charge on any atom is -0.493 e. The first-order valence-corrected chi connectivity index (χ1v) is 12.0. The number of pyridine rings is 1. The molecule has 0 fully saturated rings. The van der Waals surface area contributed by atoms with Crippen molar-refractivity contribution in [2.24, 2.45) is 5.73 Å². The predicted molar refractivity (Wildman–Crippen MR) is 141 cm³/mol. The molecule has 1 amide bonds. The number of esters is 2. The van der Waals surface area contributed by atoms with Gasteiger partial charge < -0.3 is 19.9 Å². The van der Waals surface area contributed by atoms with E-state index in [1.807, 2.05) is 55.5 Å². The summed E-state index contributed by atoms with van der Waals surface area (Å²) in [6.07, 6.45) is 1.42. The zero-order valence-electron chi connectivity index (χ0n) is 20.9. The van der Waals surface area contributed by atoms with E-state index in [2.05, 4.69) is 4.98 Å². The van der Waals surface area contributed by atoms with Crippen LogP contribution in [0.1, 0.15) is 54.7 Å². The van der Waals surface area contributed by atoms with Gasteiger partial charge in [0.2, 0.25) is 5.75 Å². The Hall–Kier alpha value is -3.62. The zero-order valence-corrected chi connectivity index (χ0v) is 22.4. The third-order valence-electron chi connectivity index (χ3n) is 5.10. The topological polar surface area (TPSA) is 118 Å². The van der Waals surface area contributed by atoms with E-state index in [-0.39, 0.29) is 35.2 Å². The third-order valence-corrected chi connectivity index (χ3v) is 5.61. The van der Waals surface area contributed by atoms with E-state index in [1.165, 1.54) is 26.3 Å². The fourth-order valence-corrected chi connectivity index (χ4v) is 3.69. The minimum atomic E-state index is -0.787. The molecule has 0 spiro atoms. The van der Waals surface area contributed by atoms with Gasteiger partial charge in [-0.25, -0.2) is 4.98 Å². The molecule has 8 nitrogen and oxygen atoms in total. The lowest BCUT2D eigenvalue weighted by molar-refractivity contribution is -0.148. The Morgan fingerprint density at radius 3 is 1.86 bits per heavy atom. The summed E-state index contributed by atoms with van der Waals surface area (Å²) in [6.45, 7) is 4.90. The quantitative estimate of drug-likeness (QED) is 0.366. The number of ether oxygens (including phenoxy) is 3. The highest BCUT2D eigenvalue weighted by atomic mass is 35.5. The molecule has 0 aliphatic rings. The van der Waals surface area contributed by atoms with Crippen molar-refractivity contribution in [1.82, 2.24) is 4.98 Å². The predicted octanol–water partition coefficient (Wildman–Crippen LogP) is 5.58.